The molecule has 1 aromatic heterocycles. The van der Waals surface area contributed by atoms with Crippen molar-refractivity contribution in [2.75, 3.05) is 6.54 Å². The Labute approximate surface area is 120 Å². The van der Waals surface area contributed by atoms with Gasteiger partial charge in [0.25, 0.3) is 0 Å². The van der Waals surface area contributed by atoms with Crippen LogP contribution >= 0.6 is 15.9 Å². The maximum atomic E-state index is 13.3. The van der Waals surface area contributed by atoms with E-state index in [9.17, 15) is 4.39 Å². The van der Waals surface area contributed by atoms with Crippen molar-refractivity contribution in [3.05, 3.63) is 46.4 Å². The zero-order valence-corrected chi connectivity index (χ0v) is 12.2. The number of nitrogens with zero attached hydrogens (tertiary/aromatic N) is 2. The molecule has 0 amide bonds. The Balaban J connectivity index is 2.24. The molecule has 5 heteroatoms. The molecular formula is C14H15BrFN3. The number of nitrogens with one attached hydrogen (secondary N) is 1. The van der Waals surface area contributed by atoms with Gasteiger partial charge in [0.05, 0.1) is 5.69 Å². The lowest BCUT2D eigenvalue weighted by Gasteiger charge is -2.06. The second-order valence-corrected chi connectivity index (χ2v) is 5.03. The van der Waals surface area contributed by atoms with Gasteiger partial charge in [-0.15, -0.1) is 0 Å². The lowest BCUT2D eigenvalue weighted by Crippen LogP contribution is -2.15. The lowest BCUT2D eigenvalue weighted by atomic mass is 10.2. The number of halogens is 2. The molecule has 3 nitrogen and oxygen atoms in total. The molecule has 0 spiro atoms. The molecule has 2 aromatic rings. The Bertz CT molecular complexity index is 560. The van der Waals surface area contributed by atoms with E-state index in [0.29, 0.717) is 17.9 Å². The summed E-state index contributed by atoms with van der Waals surface area (Å²) in [4.78, 5) is 8.65. The van der Waals surface area contributed by atoms with Gasteiger partial charge in [-0.3, -0.25) is 0 Å². The zero-order chi connectivity index (χ0) is 13.7. The molecule has 2 rings (SSSR count). The first-order valence-electron chi connectivity index (χ1n) is 6.18. The molecule has 0 bridgehead atoms. The van der Waals surface area contributed by atoms with Gasteiger partial charge in [-0.05, 0) is 37.2 Å². The van der Waals surface area contributed by atoms with E-state index in [0.717, 1.165) is 23.1 Å². The van der Waals surface area contributed by atoms with Crippen molar-refractivity contribution in [1.29, 1.82) is 0 Å². The Hall–Kier alpha value is -1.33. The number of rotatable bonds is 5. The van der Waals surface area contributed by atoms with Crippen LogP contribution in [0.3, 0.4) is 0 Å². The molecule has 0 unspecified atom stereocenters. The predicted molar refractivity (Wildman–Crippen MR) is 77.1 cm³/mol. The van der Waals surface area contributed by atoms with Gasteiger partial charge in [-0.25, -0.2) is 14.4 Å². The van der Waals surface area contributed by atoms with Crippen molar-refractivity contribution in [2.45, 2.75) is 19.9 Å². The summed E-state index contributed by atoms with van der Waals surface area (Å²) in [5, 5.41) is 3.28. The first-order valence-corrected chi connectivity index (χ1v) is 6.98. The summed E-state index contributed by atoms with van der Waals surface area (Å²) < 4.78 is 14.1. The van der Waals surface area contributed by atoms with E-state index in [1.807, 2.05) is 6.07 Å². The zero-order valence-electron chi connectivity index (χ0n) is 10.7. The topological polar surface area (TPSA) is 37.8 Å². The molecule has 1 N–H and O–H groups in total. The summed E-state index contributed by atoms with van der Waals surface area (Å²) in [6.07, 6.45) is 2.77. The van der Waals surface area contributed by atoms with Gasteiger partial charge in [-0.1, -0.05) is 22.9 Å². The van der Waals surface area contributed by atoms with Gasteiger partial charge in [0.2, 0.25) is 0 Å². The normalized spacial score (nSPS) is 10.7. The molecule has 0 radical (unpaired) electrons. The van der Waals surface area contributed by atoms with Crippen LogP contribution in [0, 0.1) is 5.82 Å². The minimum atomic E-state index is -0.295. The fourth-order valence-electron chi connectivity index (χ4n) is 1.69. The molecule has 100 valence electrons. The van der Waals surface area contributed by atoms with E-state index in [2.05, 4.69) is 38.1 Å². The SMILES string of the molecule is CCCNCc1ccnc(-c2cc(F)ccc2Br)n1. The smallest absolute Gasteiger partial charge is 0.160 e. The molecule has 0 aliphatic rings. The van der Waals surface area contributed by atoms with Gasteiger partial charge < -0.3 is 5.32 Å². The van der Waals surface area contributed by atoms with Crippen molar-refractivity contribution in [3.63, 3.8) is 0 Å². The van der Waals surface area contributed by atoms with Crippen LogP contribution in [0.2, 0.25) is 0 Å². The second kappa shape index (κ2) is 6.73. The van der Waals surface area contributed by atoms with Crippen molar-refractivity contribution < 1.29 is 4.39 Å². The quantitative estimate of drug-likeness (QED) is 0.855. The van der Waals surface area contributed by atoms with Crippen LogP contribution < -0.4 is 5.32 Å². The molecule has 1 aromatic carbocycles. The van der Waals surface area contributed by atoms with Crippen LogP contribution in [0.1, 0.15) is 19.0 Å². The Kier molecular flexibility index (Phi) is 4.99. The van der Waals surface area contributed by atoms with Crippen LogP contribution in [0.15, 0.2) is 34.9 Å². The van der Waals surface area contributed by atoms with Crippen LogP contribution in [-0.2, 0) is 6.54 Å². The standard InChI is InChI=1S/C14H15BrFN3/c1-2-6-17-9-11-5-7-18-14(19-11)12-8-10(16)3-4-13(12)15/h3-5,7-8,17H,2,6,9H2,1H3. The summed E-state index contributed by atoms with van der Waals surface area (Å²) in [6.45, 7) is 3.75. The predicted octanol–water partition coefficient (Wildman–Crippen LogP) is 3.54. The molecule has 19 heavy (non-hydrogen) atoms. The van der Waals surface area contributed by atoms with Crippen molar-refractivity contribution in [1.82, 2.24) is 15.3 Å². The second-order valence-electron chi connectivity index (χ2n) is 4.17. The van der Waals surface area contributed by atoms with Gasteiger partial charge in [0.15, 0.2) is 5.82 Å². The highest BCUT2D eigenvalue weighted by Gasteiger charge is 2.08. The first-order chi connectivity index (χ1) is 9.20. The average Bonchev–Trinajstić information content (AvgIpc) is 2.42. The van der Waals surface area contributed by atoms with E-state index in [1.54, 1.807) is 12.3 Å². The highest BCUT2D eigenvalue weighted by Crippen LogP contribution is 2.26. The van der Waals surface area contributed by atoms with Gasteiger partial charge in [0.1, 0.15) is 5.82 Å². The van der Waals surface area contributed by atoms with E-state index < -0.39 is 0 Å². The fraction of sp³-hybridized carbons (Fsp3) is 0.286. The number of aromatic nitrogens is 2. The summed E-state index contributed by atoms with van der Waals surface area (Å²) in [5.74, 6) is 0.235. The van der Waals surface area contributed by atoms with Crippen LogP contribution in [-0.4, -0.2) is 16.5 Å². The van der Waals surface area contributed by atoms with Crippen molar-refractivity contribution in [3.8, 4) is 11.4 Å². The molecule has 0 aliphatic heterocycles. The van der Waals surface area contributed by atoms with Crippen LogP contribution in [0.25, 0.3) is 11.4 Å². The third-order valence-corrected chi connectivity index (χ3v) is 3.31. The largest absolute Gasteiger partial charge is 0.311 e. The monoisotopic (exact) mass is 323 g/mol. The summed E-state index contributed by atoms with van der Waals surface area (Å²) in [7, 11) is 0. The van der Waals surface area contributed by atoms with Crippen LogP contribution in [0.5, 0.6) is 0 Å². The highest BCUT2D eigenvalue weighted by molar-refractivity contribution is 9.10. The van der Waals surface area contributed by atoms with Gasteiger partial charge in [-0.2, -0.15) is 0 Å². The number of hydrogen-bond donors (Lipinski definition) is 1. The lowest BCUT2D eigenvalue weighted by molar-refractivity contribution is 0.627. The maximum absolute atomic E-state index is 13.3. The molecular weight excluding hydrogens is 309 g/mol. The van der Waals surface area contributed by atoms with E-state index >= 15 is 0 Å². The van der Waals surface area contributed by atoms with E-state index in [-0.39, 0.29) is 5.82 Å². The van der Waals surface area contributed by atoms with Gasteiger partial charge >= 0.3 is 0 Å². The molecule has 0 saturated heterocycles. The fourth-order valence-corrected chi connectivity index (χ4v) is 2.11. The van der Waals surface area contributed by atoms with E-state index in [1.165, 1.54) is 12.1 Å². The number of benzene rings is 1. The third-order valence-electron chi connectivity index (χ3n) is 2.62. The third kappa shape index (κ3) is 3.81. The first kappa shape index (κ1) is 14.1. The molecule has 0 fully saturated rings. The number of hydrogen-bond acceptors (Lipinski definition) is 3. The Morgan fingerprint density at radius 3 is 2.95 bits per heavy atom. The van der Waals surface area contributed by atoms with Crippen molar-refractivity contribution >= 4 is 15.9 Å². The van der Waals surface area contributed by atoms with Crippen molar-refractivity contribution in [2.24, 2.45) is 0 Å². The van der Waals surface area contributed by atoms with Crippen LogP contribution in [0.4, 0.5) is 4.39 Å². The Morgan fingerprint density at radius 1 is 1.32 bits per heavy atom. The minimum Gasteiger partial charge on any atom is -0.311 e. The average molecular weight is 324 g/mol. The highest BCUT2D eigenvalue weighted by atomic mass is 79.9. The maximum Gasteiger partial charge on any atom is 0.160 e. The minimum absolute atomic E-state index is 0.295. The Morgan fingerprint density at radius 2 is 2.16 bits per heavy atom. The molecule has 0 atom stereocenters. The molecule has 1 heterocycles. The van der Waals surface area contributed by atoms with E-state index in [4.69, 9.17) is 0 Å². The summed E-state index contributed by atoms with van der Waals surface area (Å²) >= 11 is 3.39. The van der Waals surface area contributed by atoms with Gasteiger partial charge in [0, 0.05) is 22.8 Å². The summed E-state index contributed by atoms with van der Waals surface area (Å²) in [6, 6.07) is 6.36. The summed E-state index contributed by atoms with van der Waals surface area (Å²) in [5.41, 5.74) is 1.56. The molecule has 0 aliphatic carbocycles. The molecule has 0 saturated carbocycles.